The first kappa shape index (κ1) is 20.7. The molecular formula is C25H26N2O4. The minimum atomic E-state index is -0.321. The Morgan fingerprint density at radius 3 is 2.39 bits per heavy atom. The zero-order valence-corrected chi connectivity index (χ0v) is 17.8. The van der Waals surface area contributed by atoms with E-state index in [0.717, 1.165) is 42.3 Å². The molecule has 1 fully saturated rings. The number of rotatable bonds is 6. The summed E-state index contributed by atoms with van der Waals surface area (Å²) in [5, 5.41) is 4.79. The first-order valence-corrected chi connectivity index (χ1v) is 10.4. The largest absolute Gasteiger partial charge is 0.495 e. The zero-order chi connectivity index (χ0) is 21.8. The van der Waals surface area contributed by atoms with Crippen molar-refractivity contribution in [3.63, 3.8) is 0 Å². The molecule has 6 heteroatoms. The van der Waals surface area contributed by atoms with Crippen molar-refractivity contribution < 1.29 is 19.1 Å². The van der Waals surface area contributed by atoms with Gasteiger partial charge in [-0.25, -0.2) is 0 Å². The summed E-state index contributed by atoms with van der Waals surface area (Å²) in [6, 6.07) is 16.9. The number of methoxy groups -OCH3 is 1. The van der Waals surface area contributed by atoms with Crippen molar-refractivity contribution >= 4 is 28.3 Å². The highest BCUT2D eigenvalue weighted by atomic mass is 16.5. The van der Waals surface area contributed by atoms with Gasteiger partial charge in [0.1, 0.15) is 11.5 Å². The summed E-state index contributed by atoms with van der Waals surface area (Å²) in [6.45, 7) is 3.39. The number of hydrogen-bond donors (Lipinski definition) is 1. The fraction of sp³-hybridized carbons (Fsp3) is 0.280. The number of fused-ring (bicyclic) bond motifs is 1. The van der Waals surface area contributed by atoms with E-state index in [9.17, 15) is 9.59 Å². The average molecular weight is 418 g/mol. The molecule has 1 saturated heterocycles. The van der Waals surface area contributed by atoms with Crippen LogP contribution in [0.25, 0.3) is 10.8 Å². The predicted molar refractivity (Wildman–Crippen MR) is 121 cm³/mol. The molecule has 160 valence electrons. The number of amides is 2. The zero-order valence-electron chi connectivity index (χ0n) is 17.8. The minimum absolute atomic E-state index is 0.0580. The lowest BCUT2D eigenvalue weighted by Crippen LogP contribution is -2.32. The number of ether oxygens (including phenoxy) is 2. The van der Waals surface area contributed by atoms with Crippen molar-refractivity contribution in [2.75, 3.05) is 32.1 Å². The molecule has 3 aromatic carbocycles. The molecule has 0 unspecified atom stereocenters. The molecule has 1 N–H and O–H groups in total. The van der Waals surface area contributed by atoms with Gasteiger partial charge in [0.2, 0.25) is 0 Å². The van der Waals surface area contributed by atoms with Gasteiger partial charge in [0.05, 0.1) is 18.4 Å². The topological polar surface area (TPSA) is 67.9 Å². The fourth-order valence-electron chi connectivity index (χ4n) is 3.82. The first-order valence-electron chi connectivity index (χ1n) is 10.4. The molecule has 2 amide bonds. The Labute approximate surface area is 181 Å². The van der Waals surface area contributed by atoms with Gasteiger partial charge >= 0.3 is 0 Å². The van der Waals surface area contributed by atoms with E-state index in [1.165, 1.54) is 0 Å². The van der Waals surface area contributed by atoms with Gasteiger partial charge in [-0.1, -0.05) is 30.3 Å². The van der Waals surface area contributed by atoms with Gasteiger partial charge in [-0.2, -0.15) is 0 Å². The third kappa shape index (κ3) is 4.63. The van der Waals surface area contributed by atoms with Crippen molar-refractivity contribution in [1.29, 1.82) is 0 Å². The van der Waals surface area contributed by atoms with E-state index in [2.05, 4.69) is 5.32 Å². The molecule has 0 saturated carbocycles. The van der Waals surface area contributed by atoms with Crippen LogP contribution in [-0.2, 0) is 4.79 Å². The van der Waals surface area contributed by atoms with Crippen molar-refractivity contribution in [2.24, 2.45) is 0 Å². The number of nitrogens with one attached hydrogen (secondary N) is 1. The quantitative estimate of drug-likeness (QED) is 0.644. The predicted octanol–water partition coefficient (Wildman–Crippen LogP) is 4.41. The van der Waals surface area contributed by atoms with Crippen LogP contribution in [0.2, 0.25) is 0 Å². The lowest BCUT2D eigenvalue weighted by Gasteiger charge is -2.18. The second-order valence-corrected chi connectivity index (χ2v) is 7.73. The lowest BCUT2D eigenvalue weighted by molar-refractivity contribution is -0.132. The van der Waals surface area contributed by atoms with Crippen LogP contribution in [-0.4, -0.2) is 43.5 Å². The van der Waals surface area contributed by atoms with Crippen molar-refractivity contribution in [3.05, 3.63) is 65.7 Å². The number of anilines is 1. The Kier molecular flexibility index (Phi) is 6.07. The summed E-state index contributed by atoms with van der Waals surface area (Å²) in [5.74, 6) is 0.581. The number of aryl methyl sites for hydroxylation is 1. The lowest BCUT2D eigenvalue weighted by atomic mass is 10.0. The maximum atomic E-state index is 13.2. The molecule has 31 heavy (non-hydrogen) atoms. The Bertz CT molecular complexity index is 1120. The molecule has 1 aliphatic rings. The SMILES string of the molecule is COc1ccc(C)cc1NC(=O)c1cc2ccccc2cc1OCC(=O)N1CCCC1. The molecule has 1 heterocycles. The molecule has 1 aliphatic heterocycles. The third-order valence-corrected chi connectivity index (χ3v) is 5.51. The summed E-state index contributed by atoms with van der Waals surface area (Å²) in [4.78, 5) is 27.5. The molecule has 0 spiro atoms. The highest BCUT2D eigenvalue weighted by molar-refractivity contribution is 6.09. The van der Waals surface area contributed by atoms with Crippen LogP contribution in [0.3, 0.4) is 0 Å². The minimum Gasteiger partial charge on any atom is -0.495 e. The Morgan fingerprint density at radius 2 is 1.68 bits per heavy atom. The van der Waals surface area contributed by atoms with Crippen LogP contribution in [0, 0.1) is 6.92 Å². The summed E-state index contributed by atoms with van der Waals surface area (Å²) >= 11 is 0. The number of carbonyl (C=O) groups excluding carboxylic acids is 2. The van der Waals surface area contributed by atoms with Crippen LogP contribution in [0.15, 0.2) is 54.6 Å². The van der Waals surface area contributed by atoms with Gasteiger partial charge in [0.25, 0.3) is 11.8 Å². The van der Waals surface area contributed by atoms with Crippen LogP contribution < -0.4 is 14.8 Å². The maximum Gasteiger partial charge on any atom is 0.260 e. The van der Waals surface area contributed by atoms with E-state index in [1.54, 1.807) is 18.1 Å². The second kappa shape index (κ2) is 9.08. The van der Waals surface area contributed by atoms with Gasteiger partial charge in [0.15, 0.2) is 6.61 Å². The van der Waals surface area contributed by atoms with E-state index >= 15 is 0 Å². The van der Waals surface area contributed by atoms with Gasteiger partial charge in [0, 0.05) is 13.1 Å². The monoisotopic (exact) mass is 418 g/mol. The highest BCUT2D eigenvalue weighted by Crippen LogP contribution is 2.30. The second-order valence-electron chi connectivity index (χ2n) is 7.73. The summed E-state index contributed by atoms with van der Waals surface area (Å²) in [7, 11) is 1.56. The molecule has 0 aliphatic carbocycles. The van der Waals surface area contributed by atoms with Gasteiger partial charge < -0.3 is 19.7 Å². The van der Waals surface area contributed by atoms with Crippen LogP contribution in [0.5, 0.6) is 11.5 Å². The van der Waals surface area contributed by atoms with Crippen molar-refractivity contribution in [2.45, 2.75) is 19.8 Å². The highest BCUT2D eigenvalue weighted by Gasteiger charge is 2.21. The number of nitrogens with zero attached hydrogens (tertiary/aromatic N) is 1. The first-order chi connectivity index (χ1) is 15.0. The molecule has 0 bridgehead atoms. The molecule has 0 atom stereocenters. The fourth-order valence-corrected chi connectivity index (χ4v) is 3.82. The molecule has 6 nitrogen and oxygen atoms in total. The summed E-state index contributed by atoms with van der Waals surface area (Å²) < 4.78 is 11.3. The smallest absolute Gasteiger partial charge is 0.260 e. The van der Waals surface area contributed by atoms with Crippen molar-refractivity contribution in [3.8, 4) is 11.5 Å². The number of benzene rings is 3. The number of carbonyl (C=O) groups is 2. The van der Waals surface area contributed by atoms with Crippen LogP contribution in [0.4, 0.5) is 5.69 Å². The van der Waals surface area contributed by atoms with E-state index in [1.807, 2.05) is 55.5 Å². The maximum absolute atomic E-state index is 13.2. The Morgan fingerprint density at radius 1 is 0.968 bits per heavy atom. The number of likely N-dealkylation sites (tertiary alicyclic amines) is 1. The normalized spacial score (nSPS) is 13.3. The van der Waals surface area contributed by atoms with Gasteiger partial charge in [-0.3, -0.25) is 9.59 Å². The molecule has 3 aromatic rings. The van der Waals surface area contributed by atoms with Crippen LogP contribution in [0.1, 0.15) is 28.8 Å². The van der Waals surface area contributed by atoms with E-state index < -0.39 is 0 Å². The Balaban J connectivity index is 1.63. The van der Waals surface area contributed by atoms with Crippen molar-refractivity contribution in [1.82, 2.24) is 4.90 Å². The summed E-state index contributed by atoms with van der Waals surface area (Å²) in [5.41, 5.74) is 1.96. The third-order valence-electron chi connectivity index (χ3n) is 5.51. The van der Waals surface area contributed by atoms with E-state index in [-0.39, 0.29) is 18.4 Å². The summed E-state index contributed by atoms with van der Waals surface area (Å²) in [6.07, 6.45) is 2.04. The average Bonchev–Trinajstić information content (AvgIpc) is 3.32. The molecule has 0 aromatic heterocycles. The standard InChI is InChI=1S/C25H26N2O4/c1-17-9-10-22(30-2)21(13-17)26-25(29)20-14-18-7-3-4-8-19(18)15-23(20)31-16-24(28)27-11-5-6-12-27/h3-4,7-10,13-15H,5-6,11-12,16H2,1-2H3,(H,26,29). The van der Waals surface area contributed by atoms with E-state index in [0.29, 0.717) is 22.7 Å². The molecule has 0 radical (unpaired) electrons. The molecular weight excluding hydrogens is 392 g/mol. The molecule has 4 rings (SSSR count). The van der Waals surface area contributed by atoms with Crippen LogP contribution >= 0.6 is 0 Å². The van der Waals surface area contributed by atoms with E-state index in [4.69, 9.17) is 9.47 Å². The Hall–Kier alpha value is -3.54. The number of hydrogen-bond acceptors (Lipinski definition) is 4. The van der Waals surface area contributed by atoms with Gasteiger partial charge in [-0.05, 0) is 60.4 Å². The van der Waals surface area contributed by atoms with Gasteiger partial charge in [-0.15, -0.1) is 0 Å².